The first kappa shape index (κ1) is 22.2. The summed E-state index contributed by atoms with van der Waals surface area (Å²) >= 11 is 0. The van der Waals surface area contributed by atoms with Crippen LogP contribution in [0.5, 0.6) is 23.0 Å². The Bertz CT molecular complexity index is 663. The zero-order valence-corrected chi connectivity index (χ0v) is 17.3. The SMILES string of the molecule is c1ccc2c(c1)OCCOCCCOCCOc1ccccc1OCCOCCO2. The van der Waals surface area contributed by atoms with Crippen molar-refractivity contribution in [2.75, 3.05) is 66.1 Å². The summed E-state index contributed by atoms with van der Waals surface area (Å²) in [7, 11) is 0. The second-order valence-electron chi connectivity index (χ2n) is 6.48. The molecule has 0 aliphatic carbocycles. The highest BCUT2D eigenvalue weighted by molar-refractivity contribution is 5.40. The molecule has 0 unspecified atom stereocenters. The summed E-state index contributed by atoms with van der Waals surface area (Å²) in [5.74, 6) is 2.79. The molecule has 0 spiro atoms. The van der Waals surface area contributed by atoms with Crippen molar-refractivity contribution in [2.24, 2.45) is 0 Å². The average Bonchev–Trinajstić information content (AvgIpc) is 2.78. The van der Waals surface area contributed by atoms with E-state index in [1.54, 1.807) is 0 Å². The summed E-state index contributed by atoms with van der Waals surface area (Å²) in [5.41, 5.74) is 0. The minimum Gasteiger partial charge on any atom is -0.487 e. The van der Waals surface area contributed by atoms with E-state index < -0.39 is 0 Å². The van der Waals surface area contributed by atoms with Crippen LogP contribution < -0.4 is 18.9 Å². The van der Waals surface area contributed by atoms with Crippen molar-refractivity contribution in [3.8, 4) is 23.0 Å². The summed E-state index contributed by atoms with van der Waals surface area (Å²) < 4.78 is 39.9. The smallest absolute Gasteiger partial charge is 0.161 e. The van der Waals surface area contributed by atoms with Gasteiger partial charge in [0.2, 0.25) is 0 Å². The molecule has 0 radical (unpaired) electrons. The van der Waals surface area contributed by atoms with Gasteiger partial charge in [-0.1, -0.05) is 24.3 Å². The Kier molecular flexibility index (Phi) is 10.1. The largest absolute Gasteiger partial charge is 0.487 e. The van der Waals surface area contributed by atoms with Crippen molar-refractivity contribution in [1.82, 2.24) is 0 Å². The van der Waals surface area contributed by atoms with E-state index in [1.807, 2.05) is 48.5 Å². The third kappa shape index (κ3) is 8.10. The molecule has 0 atom stereocenters. The molecule has 3 rings (SSSR count). The second-order valence-corrected chi connectivity index (χ2v) is 6.48. The summed E-state index contributed by atoms with van der Waals surface area (Å²) in [6, 6.07) is 15.2. The van der Waals surface area contributed by atoms with Crippen LogP contribution in [0.3, 0.4) is 0 Å². The molecule has 164 valence electrons. The summed E-state index contributed by atoms with van der Waals surface area (Å²) in [6.45, 7) is 4.95. The Morgan fingerprint density at radius 2 is 0.667 bits per heavy atom. The van der Waals surface area contributed by atoms with Crippen LogP contribution in [-0.2, 0) is 14.2 Å². The Labute approximate surface area is 177 Å². The molecule has 0 amide bonds. The maximum absolute atomic E-state index is 5.79. The molecule has 0 fully saturated rings. The van der Waals surface area contributed by atoms with Gasteiger partial charge in [-0.2, -0.15) is 0 Å². The van der Waals surface area contributed by atoms with Gasteiger partial charge in [-0.25, -0.2) is 0 Å². The van der Waals surface area contributed by atoms with E-state index in [0.717, 1.165) is 6.42 Å². The van der Waals surface area contributed by atoms with Crippen LogP contribution in [0.2, 0.25) is 0 Å². The lowest BCUT2D eigenvalue weighted by molar-refractivity contribution is 0.0549. The van der Waals surface area contributed by atoms with E-state index in [1.165, 1.54) is 0 Å². The van der Waals surface area contributed by atoms with E-state index in [4.69, 9.17) is 33.2 Å². The fraction of sp³-hybridized carbons (Fsp3) is 0.478. The van der Waals surface area contributed by atoms with Crippen molar-refractivity contribution in [3.05, 3.63) is 48.5 Å². The average molecular weight is 418 g/mol. The molecule has 0 aromatic heterocycles. The van der Waals surface area contributed by atoms with Gasteiger partial charge in [0.25, 0.3) is 0 Å². The first-order chi connectivity index (χ1) is 14.9. The van der Waals surface area contributed by atoms with E-state index in [-0.39, 0.29) is 0 Å². The maximum Gasteiger partial charge on any atom is 0.161 e. The lowest BCUT2D eigenvalue weighted by Gasteiger charge is -2.14. The molecular formula is C23H30O7. The zero-order valence-electron chi connectivity index (χ0n) is 17.3. The molecule has 1 heterocycles. The molecule has 0 bridgehead atoms. The summed E-state index contributed by atoms with van der Waals surface area (Å²) in [6.07, 6.45) is 0.819. The van der Waals surface area contributed by atoms with Crippen LogP contribution in [0.4, 0.5) is 0 Å². The van der Waals surface area contributed by atoms with Crippen molar-refractivity contribution in [1.29, 1.82) is 0 Å². The zero-order chi connectivity index (χ0) is 20.7. The topological polar surface area (TPSA) is 64.6 Å². The van der Waals surface area contributed by atoms with E-state index in [9.17, 15) is 0 Å². The third-order valence-electron chi connectivity index (χ3n) is 4.22. The standard InChI is InChI=1S/C23H30O7/c1-3-8-22-20(6-1)27-16-12-24-10-5-11-25-13-17-28-21-7-2-4-9-23(21)30-19-15-26-14-18-29-22/h1-4,6-9H,5,10-19H2. The first-order valence-corrected chi connectivity index (χ1v) is 10.4. The first-order valence-electron chi connectivity index (χ1n) is 10.4. The van der Waals surface area contributed by atoms with Crippen LogP contribution in [0, 0.1) is 0 Å². The molecule has 2 aromatic rings. The number of rotatable bonds is 0. The molecule has 30 heavy (non-hydrogen) atoms. The molecule has 0 saturated carbocycles. The van der Waals surface area contributed by atoms with Gasteiger partial charge in [0.05, 0.1) is 26.4 Å². The molecule has 2 aromatic carbocycles. The normalized spacial score (nSPS) is 17.9. The van der Waals surface area contributed by atoms with Gasteiger partial charge in [0, 0.05) is 13.2 Å². The van der Waals surface area contributed by atoms with Crippen molar-refractivity contribution >= 4 is 0 Å². The van der Waals surface area contributed by atoms with Crippen LogP contribution in [0.15, 0.2) is 48.5 Å². The van der Waals surface area contributed by atoms with Gasteiger partial charge in [0.15, 0.2) is 23.0 Å². The van der Waals surface area contributed by atoms with E-state index >= 15 is 0 Å². The highest BCUT2D eigenvalue weighted by atomic mass is 16.6. The van der Waals surface area contributed by atoms with Crippen LogP contribution in [-0.4, -0.2) is 66.1 Å². The summed E-state index contributed by atoms with van der Waals surface area (Å²) in [5, 5.41) is 0. The van der Waals surface area contributed by atoms with Gasteiger partial charge in [-0.15, -0.1) is 0 Å². The third-order valence-corrected chi connectivity index (χ3v) is 4.22. The lowest BCUT2D eigenvalue weighted by atomic mass is 10.3. The number of fused-ring (bicyclic) bond motifs is 2. The number of para-hydroxylation sites is 4. The van der Waals surface area contributed by atoms with E-state index in [0.29, 0.717) is 89.1 Å². The number of hydrogen-bond acceptors (Lipinski definition) is 7. The molecule has 7 nitrogen and oxygen atoms in total. The number of benzene rings is 2. The summed E-state index contributed by atoms with van der Waals surface area (Å²) in [4.78, 5) is 0. The van der Waals surface area contributed by atoms with Gasteiger partial charge < -0.3 is 33.2 Å². The monoisotopic (exact) mass is 418 g/mol. The van der Waals surface area contributed by atoms with E-state index in [2.05, 4.69) is 0 Å². The van der Waals surface area contributed by atoms with Crippen molar-refractivity contribution in [2.45, 2.75) is 6.42 Å². The van der Waals surface area contributed by atoms with Crippen LogP contribution in [0.1, 0.15) is 6.42 Å². The Morgan fingerprint density at radius 3 is 1.00 bits per heavy atom. The minimum absolute atomic E-state index is 0.427. The Balaban J connectivity index is 1.50. The number of hydrogen-bond donors (Lipinski definition) is 0. The van der Waals surface area contributed by atoms with Crippen LogP contribution in [0.25, 0.3) is 0 Å². The van der Waals surface area contributed by atoms with Crippen molar-refractivity contribution in [3.63, 3.8) is 0 Å². The molecule has 0 N–H and O–H groups in total. The van der Waals surface area contributed by atoms with Crippen LogP contribution >= 0.6 is 0 Å². The molecule has 7 heteroatoms. The second kappa shape index (κ2) is 13.7. The molecule has 1 aliphatic rings. The maximum atomic E-state index is 5.79. The predicted molar refractivity (Wildman–Crippen MR) is 112 cm³/mol. The lowest BCUT2D eigenvalue weighted by Crippen LogP contribution is -2.14. The highest BCUT2D eigenvalue weighted by Gasteiger charge is 2.06. The molecule has 1 aliphatic heterocycles. The van der Waals surface area contributed by atoms with Gasteiger partial charge in [-0.05, 0) is 30.7 Å². The minimum atomic E-state index is 0.427. The Hall–Kier alpha value is -2.48. The number of ether oxygens (including phenoxy) is 7. The Morgan fingerprint density at radius 1 is 0.367 bits per heavy atom. The van der Waals surface area contributed by atoms with Gasteiger partial charge in [0.1, 0.15) is 26.4 Å². The quantitative estimate of drug-likeness (QED) is 0.650. The molecular weight excluding hydrogens is 388 g/mol. The highest BCUT2D eigenvalue weighted by Crippen LogP contribution is 2.27. The van der Waals surface area contributed by atoms with Gasteiger partial charge >= 0.3 is 0 Å². The fourth-order valence-electron chi connectivity index (χ4n) is 2.79. The predicted octanol–water partition coefficient (Wildman–Crippen LogP) is 3.36. The van der Waals surface area contributed by atoms with Gasteiger partial charge in [-0.3, -0.25) is 0 Å². The molecule has 0 saturated heterocycles. The van der Waals surface area contributed by atoms with Crippen molar-refractivity contribution < 1.29 is 33.2 Å². The fourth-order valence-corrected chi connectivity index (χ4v) is 2.79.